The minimum absolute atomic E-state index is 0.452. The molecule has 120 valence electrons. The molecule has 1 atom stereocenters. The average molecular weight is 294 g/mol. The molecule has 1 aromatic heterocycles. The second-order valence-corrected chi connectivity index (χ2v) is 5.94. The summed E-state index contributed by atoms with van der Waals surface area (Å²) in [6.07, 6.45) is 12.5. The van der Waals surface area contributed by atoms with Gasteiger partial charge in [-0.25, -0.2) is 9.13 Å². The molecule has 1 aromatic rings. The van der Waals surface area contributed by atoms with Crippen LogP contribution in [-0.2, 0) is 24.3 Å². The van der Waals surface area contributed by atoms with Gasteiger partial charge in [-0.15, -0.1) is 0 Å². The summed E-state index contributed by atoms with van der Waals surface area (Å²) in [5.41, 5.74) is 0. The van der Waals surface area contributed by atoms with Gasteiger partial charge >= 0.3 is 0 Å². The van der Waals surface area contributed by atoms with E-state index in [9.17, 15) is 9.90 Å². The van der Waals surface area contributed by atoms with Crippen LogP contribution in [0.3, 0.4) is 0 Å². The largest absolute Gasteiger partial charge is 0.550 e. The maximum absolute atomic E-state index is 10.9. The van der Waals surface area contributed by atoms with Crippen LogP contribution >= 0.6 is 0 Å². The van der Waals surface area contributed by atoms with Gasteiger partial charge in [-0.1, -0.05) is 46.5 Å². The molecule has 0 amide bonds. The van der Waals surface area contributed by atoms with Crippen LogP contribution in [0.4, 0.5) is 0 Å². The predicted octanol–water partition coefficient (Wildman–Crippen LogP) is 2.08. The zero-order chi connectivity index (χ0) is 15.7. The summed E-state index contributed by atoms with van der Waals surface area (Å²) in [4.78, 5) is 10.9. The molecule has 0 fully saturated rings. The SMILES string of the molecule is CCCCCCCc1n(CCC)cc[n+]1CC(C)C(=O)[O-]. The van der Waals surface area contributed by atoms with Crippen molar-refractivity contribution >= 4 is 5.97 Å². The zero-order valence-electron chi connectivity index (χ0n) is 13.8. The molecule has 0 saturated heterocycles. The number of aromatic nitrogens is 2. The second-order valence-electron chi connectivity index (χ2n) is 5.94. The molecule has 0 radical (unpaired) electrons. The highest BCUT2D eigenvalue weighted by atomic mass is 16.4. The monoisotopic (exact) mass is 294 g/mol. The number of aryl methyl sites for hydroxylation is 1. The van der Waals surface area contributed by atoms with Crippen LogP contribution in [0, 0.1) is 5.92 Å². The Labute approximate surface area is 128 Å². The normalized spacial score (nSPS) is 12.5. The second kappa shape index (κ2) is 9.59. The third-order valence-electron chi connectivity index (χ3n) is 3.93. The zero-order valence-corrected chi connectivity index (χ0v) is 13.8. The number of carbonyl (C=O) groups excluding carboxylic acids is 1. The topological polar surface area (TPSA) is 48.9 Å². The highest BCUT2D eigenvalue weighted by Crippen LogP contribution is 2.08. The third kappa shape index (κ3) is 5.90. The average Bonchev–Trinajstić information content (AvgIpc) is 2.81. The first-order chi connectivity index (χ1) is 10.1. The molecular formula is C17H30N2O2. The van der Waals surface area contributed by atoms with Crippen LogP contribution in [0.1, 0.15) is 65.1 Å². The number of hydrogen-bond acceptors (Lipinski definition) is 2. The van der Waals surface area contributed by atoms with Gasteiger partial charge in [0.2, 0.25) is 0 Å². The standard InChI is InChI=1S/C17H30N2O2/c1-4-6-7-8-9-10-16-18(11-5-2)12-13-19(16)14-15(3)17(20)21/h12-13,15H,4-11,14H2,1-3H3. The van der Waals surface area contributed by atoms with Crippen molar-refractivity contribution < 1.29 is 14.5 Å². The Morgan fingerprint density at radius 2 is 1.95 bits per heavy atom. The molecule has 0 bridgehead atoms. The predicted molar refractivity (Wildman–Crippen MR) is 81.6 cm³/mol. The van der Waals surface area contributed by atoms with Gasteiger partial charge in [0.25, 0.3) is 5.82 Å². The maximum atomic E-state index is 10.9. The summed E-state index contributed by atoms with van der Waals surface area (Å²) in [7, 11) is 0. The molecule has 4 heteroatoms. The van der Waals surface area contributed by atoms with E-state index in [0.717, 1.165) is 19.4 Å². The number of carboxylic acid groups (broad SMARTS) is 1. The van der Waals surface area contributed by atoms with Gasteiger partial charge in [-0.2, -0.15) is 0 Å². The van der Waals surface area contributed by atoms with Crippen LogP contribution in [0.15, 0.2) is 12.4 Å². The van der Waals surface area contributed by atoms with E-state index in [4.69, 9.17) is 0 Å². The molecule has 0 spiro atoms. The number of carboxylic acids is 1. The lowest BCUT2D eigenvalue weighted by Gasteiger charge is -2.11. The molecule has 1 unspecified atom stereocenters. The highest BCUT2D eigenvalue weighted by molar-refractivity contribution is 5.66. The minimum Gasteiger partial charge on any atom is -0.550 e. The summed E-state index contributed by atoms with van der Waals surface area (Å²) in [6.45, 7) is 7.60. The van der Waals surface area contributed by atoms with Crippen molar-refractivity contribution in [2.24, 2.45) is 5.92 Å². The van der Waals surface area contributed by atoms with Crippen molar-refractivity contribution in [3.63, 3.8) is 0 Å². The lowest BCUT2D eigenvalue weighted by Crippen LogP contribution is -2.45. The Kier molecular flexibility index (Phi) is 8.09. The van der Waals surface area contributed by atoms with E-state index in [0.29, 0.717) is 6.54 Å². The van der Waals surface area contributed by atoms with Crippen molar-refractivity contribution in [1.29, 1.82) is 0 Å². The molecule has 21 heavy (non-hydrogen) atoms. The number of carbonyl (C=O) groups is 1. The van der Waals surface area contributed by atoms with Gasteiger partial charge in [0, 0.05) is 18.3 Å². The van der Waals surface area contributed by atoms with Crippen LogP contribution < -0.4 is 9.67 Å². The van der Waals surface area contributed by atoms with Gasteiger partial charge in [-0.3, -0.25) is 0 Å². The molecule has 0 aliphatic carbocycles. The number of imidazole rings is 1. The van der Waals surface area contributed by atoms with E-state index < -0.39 is 11.9 Å². The van der Waals surface area contributed by atoms with Crippen molar-refractivity contribution in [2.45, 2.75) is 78.8 Å². The molecular weight excluding hydrogens is 264 g/mol. The summed E-state index contributed by atoms with van der Waals surface area (Å²) < 4.78 is 4.36. The van der Waals surface area contributed by atoms with Crippen LogP contribution in [0.2, 0.25) is 0 Å². The summed E-state index contributed by atoms with van der Waals surface area (Å²) >= 11 is 0. The summed E-state index contributed by atoms with van der Waals surface area (Å²) in [6, 6.07) is 0. The molecule has 0 saturated carbocycles. The van der Waals surface area contributed by atoms with E-state index in [1.807, 2.05) is 6.20 Å². The fourth-order valence-electron chi connectivity index (χ4n) is 2.65. The lowest BCUT2D eigenvalue weighted by atomic mass is 10.1. The number of nitrogens with zero attached hydrogens (tertiary/aromatic N) is 2. The molecule has 0 aliphatic rings. The van der Waals surface area contributed by atoms with Gasteiger partial charge in [0.1, 0.15) is 12.4 Å². The van der Waals surface area contributed by atoms with Crippen molar-refractivity contribution in [3.8, 4) is 0 Å². The molecule has 0 aromatic carbocycles. The van der Waals surface area contributed by atoms with E-state index in [1.165, 1.54) is 37.9 Å². The first-order valence-electron chi connectivity index (χ1n) is 8.38. The maximum Gasteiger partial charge on any atom is 0.256 e. The van der Waals surface area contributed by atoms with E-state index in [2.05, 4.69) is 29.2 Å². The Bertz CT molecular complexity index is 426. The number of unbranched alkanes of at least 4 members (excludes halogenated alkanes) is 4. The van der Waals surface area contributed by atoms with Crippen LogP contribution in [0.25, 0.3) is 0 Å². The Morgan fingerprint density at radius 3 is 2.57 bits per heavy atom. The Hall–Kier alpha value is -1.32. The van der Waals surface area contributed by atoms with Gasteiger partial charge < -0.3 is 9.90 Å². The third-order valence-corrected chi connectivity index (χ3v) is 3.93. The molecule has 0 aliphatic heterocycles. The van der Waals surface area contributed by atoms with Gasteiger partial charge in [0.15, 0.2) is 0 Å². The smallest absolute Gasteiger partial charge is 0.256 e. The number of rotatable bonds is 11. The lowest BCUT2D eigenvalue weighted by molar-refractivity contribution is -0.708. The molecule has 1 rings (SSSR count). The van der Waals surface area contributed by atoms with Crippen molar-refractivity contribution in [1.82, 2.24) is 4.57 Å². The summed E-state index contributed by atoms with van der Waals surface area (Å²) in [5, 5.41) is 10.9. The van der Waals surface area contributed by atoms with E-state index >= 15 is 0 Å². The van der Waals surface area contributed by atoms with Crippen LogP contribution in [0.5, 0.6) is 0 Å². The number of aliphatic carboxylic acids is 1. The van der Waals surface area contributed by atoms with Crippen molar-refractivity contribution in [2.75, 3.05) is 0 Å². The fraction of sp³-hybridized carbons (Fsp3) is 0.765. The quantitative estimate of drug-likeness (QED) is 0.463. The minimum atomic E-state index is -0.973. The Balaban J connectivity index is 2.67. The van der Waals surface area contributed by atoms with Crippen molar-refractivity contribution in [3.05, 3.63) is 18.2 Å². The fourth-order valence-corrected chi connectivity index (χ4v) is 2.65. The molecule has 1 heterocycles. The van der Waals surface area contributed by atoms with E-state index in [-0.39, 0.29) is 0 Å². The molecule has 4 nitrogen and oxygen atoms in total. The first kappa shape index (κ1) is 17.7. The highest BCUT2D eigenvalue weighted by Gasteiger charge is 2.18. The van der Waals surface area contributed by atoms with Gasteiger partial charge in [0.05, 0.1) is 13.1 Å². The van der Waals surface area contributed by atoms with Crippen LogP contribution in [-0.4, -0.2) is 10.5 Å². The van der Waals surface area contributed by atoms with E-state index in [1.54, 1.807) is 6.92 Å². The first-order valence-corrected chi connectivity index (χ1v) is 8.38. The van der Waals surface area contributed by atoms with Gasteiger partial charge in [-0.05, 0) is 12.8 Å². The Morgan fingerprint density at radius 1 is 1.24 bits per heavy atom. The molecule has 0 N–H and O–H groups in total. The number of hydrogen-bond donors (Lipinski definition) is 0. The summed E-state index contributed by atoms with van der Waals surface area (Å²) in [5.74, 6) is -0.174.